The van der Waals surface area contributed by atoms with Crippen molar-refractivity contribution in [2.75, 3.05) is 10.3 Å². The lowest BCUT2D eigenvalue weighted by molar-refractivity contribution is -0.117. The number of nitrogens with zero attached hydrogens (tertiary/aromatic N) is 2. The molecule has 1 amide bonds. The molecule has 2 aromatic carbocycles. The first kappa shape index (κ1) is 15.1. The van der Waals surface area contributed by atoms with Gasteiger partial charge in [0, 0.05) is 16.9 Å². The van der Waals surface area contributed by atoms with Crippen LogP contribution in [0.25, 0.3) is 0 Å². The van der Waals surface area contributed by atoms with Gasteiger partial charge in [-0.25, -0.2) is 5.01 Å². The Morgan fingerprint density at radius 3 is 2.65 bits per heavy atom. The van der Waals surface area contributed by atoms with E-state index in [0.717, 1.165) is 5.69 Å². The predicted molar refractivity (Wildman–Crippen MR) is 93.3 cm³/mol. The minimum atomic E-state index is -0.617. The highest BCUT2D eigenvalue weighted by Crippen LogP contribution is 2.20. The summed E-state index contributed by atoms with van der Waals surface area (Å²) in [5.41, 5.74) is 7.46. The Bertz CT molecular complexity index is 773. The molecule has 1 aliphatic rings. The fourth-order valence-corrected chi connectivity index (χ4v) is 2.41. The number of amidine groups is 1. The van der Waals surface area contributed by atoms with Crippen LogP contribution < -0.4 is 16.1 Å². The third-order valence-electron chi connectivity index (χ3n) is 3.36. The molecule has 1 heterocycles. The fraction of sp³-hybridized carbons (Fsp3) is 0.0588. The van der Waals surface area contributed by atoms with Crippen molar-refractivity contribution in [3.63, 3.8) is 0 Å². The Hall–Kier alpha value is -2.79. The number of amides is 1. The summed E-state index contributed by atoms with van der Waals surface area (Å²) >= 11 is 5.91. The van der Waals surface area contributed by atoms with E-state index in [2.05, 4.69) is 10.4 Å². The molecule has 2 aromatic rings. The zero-order chi connectivity index (χ0) is 16.2. The number of anilines is 2. The van der Waals surface area contributed by atoms with Crippen LogP contribution in [0.15, 0.2) is 72.0 Å². The molecule has 0 spiro atoms. The van der Waals surface area contributed by atoms with Crippen LogP contribution in [0.3, 0.4) is 0 Å². The number of hydrogen-bond donors (Lipinski definition) is 2. The molecular formula is C17H15ClN4O. The number of nitrogens with two attached hydrogens (primary N) is 1. The average molecular weight is 327 g/mol. The van der Waals surface area contributed by atoms with Gasteiger partial charge in [0.2, 0.25) is 5.91 Å². The van der Waals surface area contributed by atoms with E-state index in [1.807, 2.05) is 30.3 Å². The van der Waals surface area contributed by atoms with E-state index in [9.17, 15) is 4.79 Å². The minimum absolute atomic E-state index is 0.232. The van der Waals surface area contributed by atoms with Gasteiger partial charge in [-0.2, -0.15) is 5.10 Å². The van der Waals surface area contributed by atoms with Gasteiger partial charge in [-0.1, -0.05) is 35.9 Å². The molecule has 0 aromatic heterocycles. The number of halogens is 1. The molecule has 3 rings (SSSR count). The Morgan fingerprint density at radius 1 is 1.17 bits per heavy atom. The smallest absolute Gasteiger partial charge is 0.239 e. The first-order valence-electron chi connectivity index (χ1n) is 7.06. The summed E-state index contributed by atoms with van der Waals surface area (Å²) in [6.45, 7) is 0. The normalized spacial score (nSPS) is 16.8. The fourth-order valence-electron chi connectivity index (χ4n) is 2.22. The number of para-hydroxylation sites is 1. The van der Waals surface area contributed by atoms with Crippen LogP contribution in [0.1, 0.15) is 0 Å². The maximum atomic E-state index is 12.3. The second-order valence-electron chi connectivity index (χ2n) is 5.02. The first-order valence-corrected chi connectivity index (χ1v) is 7.44. The highest BCUT2D eigenvalue weighted by atomic mass is 35.5. The van der Waals surface area contributed by atoms with Gasteiger partial charge in [-0.05, 0) is 36.4 Å². The molecule has 5 nitrogen and oxygen atoms in total. The average Bonchev–Trinajstić information content (AvgIpc) is 2.55. The van der Waals surface area contributed by atoms with Crippen LogP contribution in [0.5, 0.6) is 0 Å². The van der Waals surface area contributed by atoms with Crippen LogP contribution in [-0.2, 0) is 4.79 Å². The number of carbonyl (C=O) groups excluding carboxylic acids is 1. The Labute approximate surface area is 139 Å². The molecule has 1 atom stereocenters. The van der Waals surface area contributed by atoms with Crippen LogP contribution in [0.4, 0.5) is 11.4 Å². The van der Waals surface area contributed by atoms with E-state index in [0.29, 0.717) is 10.7 Å². The molecule has 1 unspecified atom stereocenters. The number of rotatable bonds is 3. The quantitative estimate of drug-likeness (QED) is 0.910. The highest BCUT2D eigenvalue weighted by molar-refractivity contribution is 6.31. The summed E-state index contributed by atoms with van der Waals surface area (Å²) in [7, 11) is 0. The van der Waals surface area contributed by atoms with Gasteiger partial charge in [0.15, 0.2) is 0 Å². The van der Waals surface area contributed by atoms with E-state index < -0.39 is 5.92 Å². The van der Waals surface area contributed by atoms with Gasteiger partial charge >= 0.3 is 0 Å². The van der Waals surface area contributed by atoms with Crippen molar-refractivity contribution >= 4 is 34.7 Å². The molecule has 6 heteroatoms. The van der Waals surface area contributed by atoms with Gasteiger partial charge in [0.1, 0.15) is 11.8 Å². The van der Waals surface area contributed by atoms with Gasteiger partial charge in [-0.3, -0.25) is 4.79 Å². The largest absolute Gasteiger partial charge is 0.385 e. The molecule has 0 radical (unpaired) electrons. The third kappa shape index (κ3) is 3.52. The Morgan fingerprint density at radius 2 is 1.96 bits per heavy atom. The summed E-state index contributed by atoms with van der Waals surface area (Å²) in [6.07, 6.45) is 3.45. The zero-order valence-corrected chi connectivity index (χ0v) is 12.9. The van der Waals surface area contributed by atoms with Crippen LogP contribution in [0.2, 0.25) is 5.02 Å². The van der Waals surface area contributed by atoms with Crippen molar-refractivity contribution in [1.82, 2.24) is 0 Å². The molecule has 0 saturated carbocycles. The topological polar surface area (TPSA) is 70.7 Å². The minimum Gasteiger partial charge on any atom is -0.385 e. The van der Waals surface area contributed by atoms with E-state index in [1.165, 1.54) is 0 Å². The van der Waals surface area contributed by atoms with Crippen molar-refractivity contribution in [2.45, 2.75) is 0 Å². The Balaban J connectivity index is 1.73. The summed E-state index contributed by atoms with van der Waals surface area (Å²) < 4.78 is 0. The number of hydrogen-bond acceptors (Lipinski definition) is 4. The standard InChI is InChI=1S/C17H15ClN4O/c18-12-5-4-6-13(11-12)20-17(23)15-9-10-22(21-16(15)19)14-7-2-1-3-8-14/h1-11,15H,(H2,19,21)(H,20,23). The van der Waals surface area contributed by atoms with E-state index in [1.54, 1.807) is 41.6 Å². The van der Waals surface area contributed by atoms with Crippen LogP contribution in [-0.4, -0.2) is 11.7 Å². The van der Waals surface area contributed by atoms with Crippen molar-refractivity contribution < 1.29 is 4.79 Å². The molecule has 23 heavy (non-hydrogen) atoms. The Kier molecular flexibility index (Phi) is 4.30. The second-order valence-corrected chi connectivity index (χ2v) is 5.46. The monoisotopic (exact) mass is 326 g/mol. The number of hydrazone groups is 1. The molecule has 0 bridgehead atoms. The number of carbonyl (C=O) groups is 1. The van der Waals surface area contributed by atoms with E-state index >= 15 is 0 Å². The summed E-state index contributed by atoms with van der Waals surface area (Å²) in [6, 6.07) is 16.5. The molecule has 1 aliphatic heterocycles. The predicted octanol–water partition coefficient (Wildman–Crippen LogP) is 3.20. The molecule has 116 valence electrons. The molecule has 0 aliphatic carbocycles. The first-order chi connectivity index (χ1) is 11.1. The van der Waals surface area contributed by atoms with Gasteiger partial charge in [0.25, 0.3) is 0 Å². The second kappa shape index (κ2) is 6.54. The maximum Gasteiger partial charge on any atom is 0.239 e. The molecule has 3 N–H and O–H groups in total. The van der Waals surface area contributed by atoms with E-state index in [-0.39, 0.29) is 11.7 Å². The van der Waals surface area contributed by atoms with Crippen molar-refractivity contribution in [1.29, 1.82) is 0 Å². The van der Waals surface area contributed by atoms with E-state index in [4.69, 9.17) is 17.3 Å². The van der Waals surface area contributed by atoms with Crippen molar-refractivity contribution in [3.8, 4) is 0 Å². The summed E-state index contributed by atoms with van der Waals surface area (Å²) in [5, 5.41) is 9.24. The SMILES string of the molecule is NC1=NN(c2ccccc2)C=CC1C(=O)Nc1cccc(Cl)c1. The third-order valence-corrected chi connectivity index (χ3v) is 3.59. The van der Waals surface area contributed by atoms with Gasteiger partial charge in [-0.15, -0.1) is 0 Å². The highest BCUT2D eigenvalue weighted by Gasteiger charge is 2.24. The lowest BCUT2D eigenvalue weighted by Crippen LogP contribution is -2.37. The molecule has 0 fully saturated rings. The van der Waals surface area contributed by atoms with Gasteiger partial charge in [0.05, 0.1) is 5.69 Å². The summed E-state index contributed by atoms with van der Waals surface area (Å²) in [5.74, 6) is -0.637. The lowest BCUT2D eigenvalue weighted by atomic mass is 10.1. The maximum absolute atomic E-state index is 12.3. The zero-order valence-electron chi connectivity index (χ0n) is 12.2. The molecule has 0 saturated heterocycles. The number of nitrogens with one attached hydrogen (secondary N) is 1. The number of benzene rings is 2. The lowest BCUT2D eigenvalue weighted by Gasteiger charge is -2.23. The van der Waals surface area contributed by atoms with Crippen molar-refractivity contribution in [3.05, 3.63) is 71.9 Å². The van der Waals surface area contributed by atoms with Crippen LogP contribution >= 0.6 is 11.6 Å². The van der Waals surface area contributed by atoms with Gasteiger partial charge < -0.3 is 11.1 Å². The molecular weight excluding hydrogens is 312 g/mol. The van der Waals surface area contributed by atoms with Crippen molar-refractivity contribution in [2.24, 2.45) is 16.8 Å². The van der Waals surface area contributed by atoms with Crippen LogP contribution in [0, 0.1) is 5.92 Å². The summed E-state index contributed by atoms with van der Waals surface area (Å²) in [4.78, 5) is 12.3.